The lowest BCUT2D eigenvalue weighted by atomic mass is 10.0. The predicted molar refractivity (Wildman–Crippen MR) is 90.5 cm³/mol. The van der Waals surface area contributed by atoms with Crippen LogP contribution in [0.2, 0.25) is 0 Å². The number of aliphatic hydroxyl groups excluding tert-OH is 2. The summed E-state index contributed by atoms with van der Waals surface area (Å²) in [6.45, 7) is 4.26. The number of para-hydroxylation sites is 2. The third-order valence-electron chi connectivity index (χ3n) is 3.87. The zero-order chi connectivity index (χ0) is 16.4. The van der Waals surface area contributed by atoms with Crippen LogP contribution in [0.5, 0.6) is 0 Å². The fraction of sp³-hybridized carbons (Fsp3) is 0.412. The Morgan fingerprint density at radius 3 is 2.87 bits per heavy atom. The quantitative estimate of drug-likeness (QED) is 0.627. The number of aromatic amines is 1. The standard InChI is InChI=1S/C17H22N4O2/c1-17(2,10-22)21-16(23)11-6-5-9-18-14(11)15-19-12-7-3-4-8-13(12)20-15/h3-4,6-8,16,21-23H,5,9-10H2,1-2H3,(H,19,20). The van der Waals surface area contributed by atoms with Gasteiger partial charge < -0.3 is 15.2 Å². The van der Waals surface area contributed by atoms with Crippen LogP contribution >= 0.6 is 0 Å². The van der Waals surface area contributed by atoms with Crippen molar-refractivity contribution in [3.8, 4) is 0 Å². The molecule has 0 aliphatic carbocycles. The van der Waals surface area contributed by atoms with Gasteiger partial charge in [-0.3, -0.25) is 10.3 Å². The first kappa shape index (κ1) is 15.9. The minimum absolute atomic E-state index is 0.0749. The Bertz CT molecular complexity index is 728. The Morgan fingerprint density at radius 1 is 1.35 bits per heavy atom. The van der Waals surface area contributed by atoms with E-state index in [9.17, 15) is 10.2 Å². The van der Waals surface area contributed by atoms with Crippen molar-refractivity contribution >= 4 is 16.7 Å². The molecule has 4 N–H and O–H groups in total. The van der Waals surface area contributed by atoms with Crippen molar-refractivity contribution < 1.29 is 10.2 Å². The Kier molecular flexibility index (Phi) is 4.30. The van der Waals surface area contributed by atoms with Crippen molar-refractivity contribution in [1.29, 1.82) is 0 Å². The third-order valence-corrected chi connectivity index (χ3v) is 3.87. The fourth-order valence-corrected chi connectivity index (χ4v) is 2.60. The summed E-state index contributed by atoms with van der Waals surface area (Å²) in [7, 11) is 0. The number of aliphatic imine (C=N–C) groups is 1. The highest BCUT2D eigenvalue weighted by atomic mass is 16.3. The van der Waals surface area contributed by atoms with E-state index in [2.05, 4.69) is 20.3 Å². The number of hydrogen-bond donors (Lipinski definition) is 4. The number of hydrogen-bond acceptors (Lipinski definition) is 5. The molecule has 1 aromatic carbocycles. The average Bonchev–Trinajstić information content (AvgIpc) is 2.98. The number of aromatic nitrogens is 2. The summed E-state index contributed by atoms with van der Waals surface area (Å²) in [5.41, 5.74) is 2.58. The maximum atomic E-state index is 10.5. The van der Waals surface area contributed by atoms with E-state index < -0.39 is 11.8 Å². The van der Waals surface area contributed by atoms with Crippen molar-refractivity contribution in [3.63, 3.8) is 0 Å². The van der Waals surface area contributed by atoms with E-state index in [0.29, 0.717) is 23.7 Å². The second kappa shape index (κ2) is 6.23. The second-order valence-electron chi connectivity index (χ2n) is 6.37. The van der Waals surface area contributed by atoms with Gasteiger partial charge in [-0.1, -0.05) is 18.2 Å². The van der Waals surface area contributed by atoms with Gasteiger partial charge in [-0.15, -0.1) is 0 Å². The van der Waals surface area contributed by atoms with E-state index in [0.717, 1.165) is 17.5 Å². The van der Waals surface area contributed by atoms with E-state index in [4.69, 9.17) is 0 Å². The summed E-state index contributed by atoms with van der Waals surface area (Å²) >= 11 is 0. The first-order valence-electron chi connectivity index (χ1n) is 7.77. The molecule has 3 rings (SSSR count). The molecule has 1 aliphatic rings. The molecule has 2 aromatic rings. The molecule has 6 nitrogen and oxygen atoms in total. The minimum atomic E-state index is -0.913. The molecule has 0 radical (unpaired) electrons. The van der Waals surface area contributed by atoms with Gasteiger partial charge in [-0.25, -0.2) is 4.98 Å². The molecule has 0 saturated carbocycles. The zero-order valence-electron chi connectivity index (χ0n) is 13.4. The second-order valence-corrected chi connectivity index (χ2v) is 6.37. The summed E-state index contributed by atoms with van der Waals surface area (Å²) < 4.78 is 0. The van der Waals surface area contributed by atoms with Gasteiger partial charge in [0.15, 0.2) is 5.82 Å². The van der Waals surface area contributed by atoms with E-state index >= 15 is 0 Å². The van der Waals surface area contributed by atoms with Crippen LogP contribution in [0.1, 0.15) is 26.1 Å². The highest BCUT2D eigenvalue weighted by Gasteiger charge is 2.27. The van der Waals surface area contributed by atoms with Crippen LogP contribution in [0.4, 0.5) is 0 Å². The molecule has 0 spiro atoms. The van der Waals surface area contributed by atoms with Crippen LogP contribution in [0.15, 0.2) is 40.9 Å². The van der Waals surface area contributed by atoms with Crippen LogP contribution in [0.3, 0.4) is 0 Å². The van der Waals surface area contributed by atoms with Gasteiger partial charge in [0.2, 0.25) is 0 Å². The molecule has 6 heteroatoms. The monoisotopic (exact) mass is 314 g/mol. The highest BCUT2D eigenvalue weighted by molar-refractivity contribution is 6.12. The summed E-state index contributed by atoms with van der Waals surface area (Å²) in [5, 5.41) is 22.9. The molecular weight excluding hydrogens is 292 g/mol. The van der Waals surface area contributed by atoms with Crippen molar-refractivity contribution in [2.75, 3.05) is 13.2 Å². The number of imidazole rings is 1. The molecule has 0 bridgehead atoms. The van der Waals surface area contributed by atoms with Crippen LogP contribution < -0.4 is 5.32 Å². The zero-order valence-corrected chi connectivity index (χ0v) is 13.4. The molecule has 2 heterocycles. The van der Waals surface area contributed by atoms with Gasteiger partial charge in [-0.05, 0) is 32.4 Å². The van der Waals surface area contributed by atoms with Gasteiger partial charge in [0.05, 0.1) is 17.6 Å². The summed E-state index contributed by atoms with van der Waals surface area (Å²) in [5.74, 6) is 0.653. The molecule has 23 heavy (non-hydrogen) atoms. The molecule has 0 saturated heterocycles. The van der Waals surface area contributed by atoms with Gasteiger partial charge in [-0.2, -0.15) is 0 Å². The Hall–Kier alpha value is -2.02. The number of fused-ring (bicyclic) bond motifs is 1. The van der Waals surface area contributed by atoms with Crippen molar-refractivity contribution in [2.24, 2.45) is 4.99 Å². The Labute approximate surface area is 135 Å². The fourth-order valence-electron chi connectivity index (χ4n) is 2.60. The molecule has 1 unspecified atom stereocenters. The number of nitrogens with zero attached hydrogens (tertiary/aromatic N) is 2. The first-order chi connectivity index (χ1) is 11.0. The van der Waals surface area contributed by atoms with E-state index in [1.165, 1.54) is 0 Å². The topological polar surface area (TPSA) is 93.5 Å². The van der Waals surface area contributed by atoms with Crippen molar-refractivity contribution in [1.82, 2.24) is 15.3 Å². The highest BCUT2D eigenvalue weighted by Crippen LogP contribution is 2.19. The van der Waals surface area contributed by atoms with Crippen molar-refractivity contribution in [3.05, 3.63) is 41.7 Å². The number of benzene rings is 1. The van der Waals surface area contributed by atoms with Gasteiger partial charge in [0.1, 0.15) is 11.9 Å². The maximum absolute atomic E-state index is 10.5. The van der Waals surface area contributed by atoms with Crippen LogP contribution in [-0.2, 0) is 0 Å². The van der Waals surface area contributed by atoms with Crippen molar-refractivity contribution in [2.45, 2.75) is 32.0 Å². The summed E-state index contributed by atoms with van der Waals surface area (Å²) in [6.07, 6.45) is 1.84. The molecule has 1 atom stereocenters. The number of dihydropyridines is 1. The van der Waals surface area contributed by atoms with Crippen LogP contribution in [-0.4, -0.2) is 50.8 Å². The lowest BCUT2D eigenvalue weighted by Gasteiger charge is -2.29. The largest absolute Gasteiger partial charge is 0.394 e. The van der Waals surface area contributed by atoms with E-state index in [1.54, 1.807) is 0 Å². The molecule has 1 aromatic heterocycles. The normalized spacial score (nSPS) is 17.0. The van der Waals surface area contributed by atoms with Crippen LogP contribution in [0, 0.1) is 0 Å². The molecule has 122 valence electrons. The molecule has 1 aliphatic heterocycles. The van der Waals surface area contributed by atoms with E-state index in [-0.39, 0.29) is 6.61 Å². The number of aliphatic hydroxyl groups is 2. The minimum Gasteiger partial charge on any atom is -0.394 e. The SMILES string of the molecule is CC(C)(CO)NC(O)C1=CCCN=C1c1nc2ccccc2[nH]1. The average molecular weight is 314 g/mol. The predicted octanol–water partition coefficient (Wildman–Crippen LogP) is 1.36. The van der Waals surface area contributed by atoms with E-state index in [1.807, 2.05) is 44.2 Å². The Balaban J connectivity index is 1.91. The third kappa shape index (κ3) is 3.34. The first-order valence-corrected chi connectivity index (χ1v) is 7.77. The molecule has 0 amide bonds. The number of rotatable bonds is 5. The summed E-state index contributed by atoms with van der Waals surface area (Å²) in [4.78, 5) is 12.4. The Morgan fingerprint density at radius 2 is 2.13 bits per heavy atom. The lowest BCUT2D eigenvalue weighted by Crippen LogP contribution is -2.50. The number of H-pyrrole nitrogens is 1. The smallest absolute Gasteiger partial charge is 0.157 e. The summed E-state index contributed by atoms with van der Waals surface area (Å²) in [6, 6.07) is 7.78. The van der Waals surface area contributed by atoms with Crippen LogP contribution in [0.25, 0.3) is 11.0 Å². The lowest BCUT2D eigenvalue weighted by molar-refractivity contribution is 0.100. The maximum Gasteiger partial charge on any atom is 0.157 e. The van der Waals surface area contributed by atoms with Gasteiger partial charge >= 0.3 is 0 Å². The molecular formula is C17H22N4O2. The van der Waals surface area contributed by atoms with Gasteiger partial charge in [0, 0.05) is 17.7 Å². The molecule has 0 fully saturated rings. The van der Waals surface area contributed by atoms with Gasteiger partial charge in [0.25, 0.3) is 0 Å². The number of nitrogens with one attached hydrogen (secondary N) is 2.